The Labute approximate surface area is 201 Å². The largest absolute Gasteiger partial charge is 0.490 e. The van der Waals surface area contributed by atoms with Crippen molar-refractivity contribution >= 4 is 40.3 Å². The third-order valence-corrected chi connectivity index (χ3v) is 5.91. The molecule has 1 aromatic carbocycles. The third kappa shape index (κ3) is 6.02. The fraction of sp³-hybridized carbons (Fsp3) is 0.391. The van der Waals surface area contributed by atoms with E-state index in [1.54, 1.807) is 0 Å². The van der Waals surface area contributed by atoms with Crippen molar-refractivity contribution in [3.8, 4) is 11.8 Å². The number of likely N-dealkylation sites (tertiary alicyclic amines) is 1. The molecule has 1 fully saturated rings. The molecule has 2 amide bonds. The number of hydrogen-bond acceptors (Lipinski definition) is 8. The summed E-state index contributed by atoms with van der Waals surface area (Å²) in [5.74, 6) is -1.13. The molecule has 0 unspecified atom stereocenters. The van der Waals surface area contributed by atoms with E-state index in [2.05, 4.69) is 16.3 Å². The van der Waals surface area contributed by atoms with E-state index in [1.807, 2.05) is 6.07 Å². The molecule has 11 heteroatoms. The second-order valence-electron chi connectivity index (χ2n) is 8.37. The summed E-state index contributed by atoms with van der Waals surface area (Å²) in [5.41, 5.74) is 5.53. The van der Waals surface area contributed by atoms with E-state index in [-0.39, 0.29) is 28.8 Å². The first kappa shape index (κ1) is 25.0. The average Bonchev–Trinajstić information content (AvgIpc) is 3.20. The van der Waals surface area contributed by atoms with Crippen LogP contribution in [0.15, 0.2) is 24.8 Å². The predicted molar refractivity (Wildman–Crippen MR) is 127 cm³/mol. The Morgan fingerprint density at radius 3 is 2.97 bits per heavy atom. The van der Waals surface area contributed by atoms with E-state index < -0.39 is 23.4 Å². The number of halogens is 1. The number of nitrogens with one attached hydrogen (secondary N) is 1. The molecule has 3 N–H and O–H groups in total. The smallest absolute Gasteiger partial charge is 0.411 e. The molecule has 1 aliphatic heterocycles. The van der Waals surface area contributed by atoms with Gasteiger partial charge in [0.05, 0.1) is 12.3 Å². The molecular weight excluding hydrogens is 461 g/mol. The van der Waals surface area contributed by atoms with Crippen molar-refractivity contribution in [2.45, 2.75) is 32.3 Å². The van der Waals surface area contributed by atoms with Crippen LogP contribution >= 0.6 is 11.5 Å². The van der Waals surface area contributed by atoms with E-state index in [9.17, 15) is 14.0 Å². The summed E-state index contributed by atoms with van der Waals surface area (Å²) in [6.07, 6.45) is 2.40. The van der Waals surface area contributed by atoms with Crippen molar-refractivity contribution in [2.75, 3.05) is 30.7 Å². The maximum Gasteiger partial charge on any atom is 0.411 e. The Kier molecular flexibility index (Phi) is 7.73. The number of nitrogens with zero attached hydrogens (tertiary/aromatic N) is 3. The van der Waals surface area contributed by atoms with Gasteiger partial charge in [0.2, 0.25) is 0 Å². The minimum Gasteiger partial charge on any atom is -0.490 e. The standard InChI is InChI=1S/C23H26FN5O4S/c1-4-17-19(20(26)34-28-17)21(30)27-15-7-8-16(24)18(10-15)32-12-14-6-5-9-29(11-14)22(31)33-23(2,3)13-25/h4,7-8,10,14H,1,5-6,9,11-12,26H2,2-3H3,(H,27,30)/t14-/m0/s1. The first-order valence-corrected chi connectivity index (χ1v) is 11.4. The first-order valence-electron chi connectivity index (χ1n) is 10.6. The molecule has 9 nitrogen and oxygen atoms in total. The third-order valence-electron chi connectivity index (χ3n) is 5.22. The van der Waals surface area contributed by atoms with Crippen molar-refractivity contribution in [1.29, 1.82) is 5.26 Å². The highest BCUT2D eigenvalue weighted by Crippen LogP contribution is 2.27. The Bertz CT molecular complexity index is 1130. The molecular formula is C23H26FN5O4S. The highest BCUT2D eigenvalue weighted by molar-refractivity contribution is 7.10. The summed E-state index contributed by atoms with van der Waals surface area (Å²) >= 11 is 0.988. The lowest BCUT2D eigenvalue weighted by molar-refractivity contribution is 0.0308. The second-order valence-corrected chi connectivity index (χ2v) is 9.17. The van der Waals surface area contributed by atoms with Crippen molar-refractivity contribution in [3.63, 3.8) is 0 Å². The molecule has 0 aliphatic carbocycles. The predicted octanol–water partition coefficient (Wildman–Crippen LogP) is 4.29. The maximum atomic E-state index is 14.4. The zero-order chi connectivity index (χ0) is 24.9. The normalized spacial score (nSPS) is 15.8. The Balaban J connectivity index is 1.62. The van der Waals surface area contributed by atoms with E-state index >= 15 is 0 Å². The number of ether oxygens (including phenoxy) is 2. The number of carbonyl (C=O) groups is 2. The van der Waals surface area contributed by atoms with Gasteiger partial charge < -0.3 is 25.4 Å². The fourth-order valence-corrected chi connectivity index (χ4v) is 4.10. The molecule has 0 bridgehead atoms. The van der Waals surface area contributed by atoms with E-state index in [4.69, 9.17) is 20.5 Å². The summed E-state index contributed by atoms with van der Waals surface area (Å²) in [6, 6.07) is 5.93. The van der Waals surface area contributed by atoms with Gasteiger partial charge in [0.25, 0.3) is 5.91 Å². The van der Waals surface area contributed by atoms with E-state index in [0.29, 0.717) is 24.5 Å². The van der Waals surface area contributed by atoms with Crippen molar-refractivity contribution in [1.82, 2.24) is 9.27 Å². The Morgan fingerprint density at radius 2 is 2.26 bits per heavy atom. The molecule has 0 radical (unpaired) electrons. The summed E-state index contributed by atoms with van der Waals surface area (Å²) in [5, 5.41) is 12.0. The minimum absolute atomic E-state index is 0.0246. The number of nitrogen functional groups attached to an aromatic ring is 1. The topological polar surface area (TPSA) is 131 Å². The van der Waals surface area contributed by atoms with E-state index in [1.165, 1.54) is 43.0 Å². The SMILES string of the molecule is C=Cc1nsc(N)c1C(=O)Nc1ccc(F)c(OC[C@H]2CCCN(C(=O)OC(C)(C)C#N)C2)c1. The van der Waals surface area contributed by atoms with Gasteiger partial charge in [0.15, 0.2) is 17.2 Å². The lowest BCUT2D eigenvalue weighted by Gasteiger charge is -2.33. The number of aromatic nitrogens is 1. The lowest BCUT2D eigenvalue weighted by Crippen LogP contribution is -2.44. The number of hydrogen-bond donors (Lipinski definition) is 2. The molecule has 180 valence electrons. The van der Waals surface area contributed by atoms with Crippen LogP contribution in [0.4, 0.5) is 19.9 Å². The number of nitriles is 1. The Morgan fingerprint density at radius 1 is 1.50 bits per heavy atom. The molecule has 2 heterocycles. The van der Waals surface area contributed by atoms with Gasteiger partial charge in [-0.25, -0.2) is 9.18 Å². The lowest BCUT2D eigenvalue weighted by atomic mass is 9.99. The number of anilines is 2. The summed E-state index contributed by atoms with van der Waals surface area (Å²) in [7, 11) is 0. The van der Waals surface area contributed by atoms with Gasteiger partial charge >= 0.3 is 6.09 Å². The van der Waals surface area contributed by atoms with E-state index in [0.717, 1.165) is 24.4 Å². The van der Waals surface area contributed by atoms with Crippen molar-refractivity contribution in [3.05, 3.63) is 41.9 Å². The van der Waals surface area contributed by atoms with Crippen LogP contribution < -0.4 is 15.8 Å². The van der Waals surface area contributed by atoms with Crippen LogP contribution in [-0.4, -0.2) is 46.6 Å². The number of rotatable bonds is 7. The van der Waals surface area contributed by atoms with Crippen LogP contribution in [0, 0.1) is 23.1 Å². The molecule has 34 heavy (non-hydrogen) atoms. The molecule has 1 atom stereocenters. The monoisotopic (exact) mass is 487 g/mol. The number of nitrogens with two attached hydrogens (primary N) is 1. The number of amides is 2. The molecule has 1 saturated heterocycles. The zero-order valence-corrected chi connectivity index (χ0v) is 19.8. The minimum atomic E-state index is -1.22. The quantitative estimate of drug-likeness (QED) is 0.596. The Hall–Kier alpha value is -3.65. The second kappa shape index (κ2) is 10.5. The van der Waals surface area contributed by atoms with Gasteiger partial charge in [-0.15, -0.1) is 0 Å². The van der Waals surface area contributed by atoms with Crippen LogP contribution in [0.5, 0.6) is 5.75 Å². The number of benzene rings is 1. The van der Waals surface area contributed by atoms with Crippen LogP contribution in [0.1, 0.15) is 42.7 Å². The number of carbonyl (C=O) groups excluding carboxylic acids is 2. The van der Waals surface area contributed by atoms with Gasteiger partial charge in [0.1, 0.15) is 16.6 Å². The summed E-state index contributed by atoms with van der Waals surface area (Å²) in [6.45, 7) is 7.71. The average molecular weight is 488 g/mol. The highest BCUT2D eigenvalue weighted by atomic mass is 32.1. The van der Waals surface area contributed by atoms with Crippen LogP contribution in [-0.2, 0) is 4.74 Å². The van der Waals surface area contributed by atoms with Gasteiger partial charge in [-0.2, -0.15) is 9.64 Å². The fourth-order valence-electron chi connectivity index (χ4n) is 3.45. The molecule has 2 aromatic rings. The van der Waals surface area contributed by atoms with Gasteiger partial charge in [-0.05, 0) is 56.4 Å². The highest BCUT2D eigenvalue weighted by Gasteiger charge is 2.30. The van der Waals surface area contributed by atoms with Crippen molar-refractivity contribution in [2.24, 2.45) is 5.92 Å². The van der Waals surface area contributed by atoms with Crippen molar-refractivity contribution < 1.29 is 23.5 Å². The van der Waals surface area contributed by atoms with Crippen LogP contribution in [0.3, 0.4) is 0 Å². The van der Waals surface area contributed by atoms with Crippen LogP contribution in [0.2, 0.25) is 0 Å². The van der Waals surface area contributed by atoms with Crippen LogP contribution in [0.25, 0.3) is 6.08 Å². The van der Waals surface area contributed by atoms with Gasteiger partial charge in [-0.1, -0.05) is 6.58 Å². The maximum absolute atomic E-state index is 14.4. The molecule has 0 spiro atoms. The number of piperidine rings is 1. The van der Waals surface area contributed by atoms with Gasteiger partial charge in [-0.3, -0.25) is 4.79 Å². The zero-order valence-electron chi connectivity index (χ0n) is 19.0. The molecule has 3 rings (SSSR count). The summed E-state index contributed by atoms with van der Waals surface area (Å²) < 4.78 is 29.3. The molecule has 1 aliphatic rings. The summed E-state index contributed by atoms with van der Waals surface area (Å²) in [4.78, 5) is 26.5. The molecule has 1 aromatic heterocycles. The molecule has 0 saturated carbocycles. The first-order chi connectivity index (χ1) is 16.1. The van der Waals surface area contributed by atoms with Gasteiger partial charge in [0, 0.05) is 30.8 Å².